The Bertz CT molecular complexity index is 801. The number of benzene rings is 2. The van der Waals surface area contributed by atoms with Crippen LogP contribution in [0.1, 0.15) is 19.3 Å². The Balaban J connectivity index is 0.000000183. The van der Waals surface area contributed by atoms with Gasteiger partial charge in [0.2, 0.25) is 0 Å². The van der Waals surface area contributed by atoms with E-state index in [1.165, 1.54) is 30.8 Å². The molecule has 0 saturated carbocycles. The minimum atomic E-state index is -0.570. The van der Waals surface area contributed by atoms with Crippen molar-refractivity contribution in [2.45, 2.75) is 19.3 Å². The summed E-state index contributed by atoms with van der Waals surface area (Å²) in [6, 6.07) is 11.1. The van der Waals surface area contributed by atoms with Gasteiger partial charge in [-0.15, -0.1) is 0 Å². The largest absolute Gasteiger partial charge is 0.370 e. The number of rotatable bonds is 3. The second kappa shape index (κ2) is 13.9. The molecule has 4 rings (SSSR count). The first-order valence-corrected chi connectivity index (χ1v) is 12.3. The number of nitro groups is 2. The fourth-order valence-electron chi connectivity index (χ4n) is 2.86. The average Bonchev–Trinajstić information content (AvgIpc) is 2.82. The maximum atomic E-state index is 12.1. The molecule has 0 bridgehead atoms. The molecule has 2 aromatic rings. The molecule has 31 heavy (non-hydrogen) atoms. The molecule has 10 heteroatoms. The van der Waals surface area contributed by atoms with Crippen molar-refractivity contribution in [2.24, 2.45) is 0 Å². The highest BCUT2D eigenvalue weighted by Gasteiger charge is 2.12. The smallest absolute Gasteiger partial charge is 0.269 e. The van der Waals surface area contributed by atoms with Crippen LogP contribution >= 0.6 is 23.5 Å². The summed E-state index contributed by atoms with van der Waals surface area (Å²) in [6.45, 7) is 2.06. The van der Waals surface area contributed by atoms with Gasteiger partial charge in [-0.05, 0) is 48.6 Å². The predicted octanol–water partition coefficient (Wildman–Crippen LogP) is 5.79. The number of hydrogen-bond acceptors (Lipinski definition) is 7. The summed E-state index contributed by atoms with van der Waals surface area (Å²) in [5, 5.41) is 20.5. The van der Waals surface area contributed by atoms with E-state index < -0.39 is 10.7 Å². The van der Waals surface area contributed by atoms with Crippen LogP contribution in [0.15, 0.2) is 48.5 Å². The van der Waals surface area contributed by atoms with E-state index in [0.29, 0.717) is 0 Å². The molecule has 2 saturated heterocycles. The summed E-state index contributed by atoms with van der Waals surface area (Å²) >= 11 is 4.05. The standard InChI is InChI=1S/C10H12N2O2S.C6H4FNO2.C5H10S/c13-12(14)10-3-1-9(2-4-10)11-5-7-15-8-6-11;7-5-1-3-6(4-2-5)8(9)10;1-2-4-6-5-3-1/h1-4H,5-8H2;1-4H;1-5H2. The first-order chi connectivity index (χ1) is 15.0. The molecule has 0 spiro atoms. The van der Waals surface area contributed by atoms with Crippen LogP contribution in [0.5, 0.6) is 0 Å². The van der Waals surface area contributed by atoms with Crippen molar-refractivity contribution in [3.63, 3.8) is 0 Å². The third-order valence-electron chi connectivity index (χ3n) is 4.55. The van der Waals surface area contributed by atoms with Crippen molar-refractivity contribution in [3.05, 3.63) is 74.6 Å². The van der Waals surface area contributed by atoms with Gasteiger partial charge in [0.15, 0.2) is 0 Å². The fourth-order valence-corrected chi connectivity index (χ4v) is 4.78. The van der Waals surface area contributed by atoms with Crippen molar-refractivity contribution >= 4 is 40.6 Å². The summed E-state index contributed by atoms with van der Waals surface area (Å²) in [4.78, 5) is 21.8. The maximum Gasteiger partial charge on any atom is 0.269 e. The van der Waals surface area contributed by atoms with Crippen molar-refractivity contribution in [1.29, 1.82) is 0 Å². The minimum absolute atomic E-state index is 0.0959. The first kappa shape index (κ1) is 24.9. The zero-order valence-corrected chi connectivity index (χ0v) is 18.8. The summed E-state index contributed by atoms with van der Waals surface area (Å²) in [6.07, 6.45) is 4.41. The number of thioether (sulfide) groups is 2. The molecule has 0 N–H and O–H groups in total. The molecule has 0 aliphatic carbocycles. The molecule has 2 heterocycles. The van der Waals surface area contributed by atoms with Crippen molar-refractivity contribution in [1.82, 2.24) is 0 Å². The Morgan fingerprint density at radius 1 is 0.710 bits per heavy atom. The van der Waals surface area contributed by atoms with E-state index in [0.717, 1.165) is 54.5 Å². The van der Waals surface area contributed by atoms with E-state index in [1.807, 2.05) is 23.9 Å². The molecular formula is C21H26FN3O4S2. The number of halogens is 1. The number of anilines is 1. The lowest BCUT2D eigenvalue weighted by molar-refractivity contribution is -0.385. The molecule has 2 aliphatic rings. The number of non-ortho nitro benzene ring substituents is 2. The van der Waals surface area contributed by atoms with E-state index in [4.69, 9.17) is 0 Å². The number of nitrogens with zero attached hydrogens (tertiary/aromatic N) is 3. The summed E-state index contributed by atoms with van der Waals surface area (Å²) < 4.78 is 12.1. The molecular weight excluding hydrogens is 441 g/mol. The molecule has 0 radical (unpaired) electrons. The number of nitro benzene ring substituents is 2. The van der Waals surface area contributed by atoms with Crippen molar-refractivity contribution in [2.75, 3.05) is 41.0 Å². The van der Waals surface area contributed by atoms with E-state index >= 15 is 0 Å². The van der Waals surface area contributed by atoms with Gasteiger partial charge in [0.05, 0.1) is 9.85 Å². The monoisotopic (exact) mass is 467 g/mol. The maximum absolute atomic E-state index is 12.1. The third-order valence-corrected chi connectivity index (χ3v) is 6.65. The van der Waals surface area contributed by atoms with Crippen LogP contribution in [0.2, 0.25) is 0 Å². The molecule has 168 valence electrons. The Morgan fingerprint density at radius 3 is 1.55 bits per heavy atom. The Labute approximate surface area is 189 Å². The average molecular weight is 468 g/mol. The molecule has 2 aliphatic heterocycles. The van der Waals surface area contributed by atoms with Gasteiger partial charge < -0.3 is 4.90 Å². The highest BCUT2D eigenvalue weighted by atomic mass is 32.2. The van der Waals surface area contributed by atoms with Crippen LogP contribution in [0.4, 0.5) is 21.5 Å². The molecule has 7 nitrogen and oxygen atoms in total. The van der Waals surface area contributed by atoms with E-state index in [1.54, 1.807) is 12.1 Å². The normalized spacial score (nSPS) is 15.6. The minimum Gasteiger partial charge on any atom is -0.370 e. The van der Waals surface area contributed by atoms with Gasteiger partial charge in [0.25, 0.3) is 11.4 Å². The van der Waals surface area contributed by atoms with Crippen LogP contribution in [-0.4, -0.2) is 45.9 Å². The lowest BCUT2D eigenvalue weighted by atomic mass is 10.2. The molecule has 2 aromatic carbocycles. The first-order valence-electron chi connectivity index (χ1n) is 10.0. The fraction of sp³-hybridized carbons (Fsp3) is 0.429. The molecule has 0 aromatic heterocycles. The van der Waals surface area contributed by atoms with Crippen LogP contribution in [0.3, 0.4) is 0 Å². The molecule has 2 fully saturated rings. The van der Waals surface area contributed by atoms with Gasteiger partial charge in [-0.3, -0.25) is 20.2 Å². The van der Waals surface area contributed by atoms with E-state index in [2.05, 4.69) is 16.7 Å². The van der Waals surface area contributed by atoms with Crippen LogP contribution in [0.25, 0.3) is 0 Å². The van der Waals surface area contributed by atoms with Gasteiger partial charge in [-0.2, -0.15) is 23.5 Å². The Hall–Kier alpha value is -2.33. The Morgan fingerprint density at radius 2 is 1.16 bits per heavy atom. The molecule has 0 unspecified atom stereocenters. The van der Waals surface area contributed by atoms with E-state index in [-0.39, 0.29) is 16.3 Å². The Kier molecular flexibility index (Phi) is 11.2. The van der Waals surface area contributed by atoms with Gasteiger partial charge in [0, 0.05) is 54.5 Å². The summed E-state index contributed by atoms with van der Waals surface area (Å²) in [5.74, 6) is 4.64. The van der Waals surface area contributed by atoms with Gasteiger partial charge in [-0.1, -0.05) is 6.42 Å². The van der Waals surface area contributed by atoms with E-state index in [9.17, 15) is 24.6 Å². The van der Waals surface area contributed by atoms with Gasteiger partial charge in [0.1, 0.15) is 5.82 Å². The zero-order chi connectivity index (χ0) is 22.5. The topological polar surface area (TPSA) is 89.5 Å². The molecule has 0 amide bonds. The second-order valence-electron chi connectivity index (χ2n) is 6.78. The summed E-state index contributed by atoms with van der Waals surface area (Å²) in [7, 11) is 0. The third kappa shape index (κ3) is 9.56. The highest BCUT2D eigenvalue weighted by Crippen LogP contribution is 2.22. The SMILES string of the molecule is C1CCSCC1.O=[N+]([O-])c1ccc(F)cc1.O=[N+]([O-])c1ccc(N2CCSCC2)cc1. The van der Waals surface area contributed by atoms with Gasteiger partial charge in [-0.25, -0.2) is 4.39 Å². The molecule has 0 atom stereocenters. The highest BCUT2D eigenvalue weighted by molar-refractivity contribution is 7.99. The van der Waals surface area contributed by atoms with Crippen molar-refractivity contribution < 1.29 is 14.2 Å². The van der Waals surface area contributed by atoms with Crippen LogP contribution in [0, 0.1) is 26.0 Å². The van der Waals surface area contributed by atoms with Gasteiger partial charge >= 0.3 is 0 Å². The zero-order valence-electron chi connectivity index (χ0n) is 17.2. The number of hydrogen-bond donors (Lipinski definition) is 0. The predicted molar refractivity (Wildman–Crippen MR) is 127 cm³/mol. The van der Waals surface area contributed by atoms with Crippen LogP contribution < -0.4 is 4.90 Å². The summed E-state index contributed by atoms with van der Waals surface area (Å²) in [5.41, 5.74) is 1.15. The lowest BCUT2D eigenvalue weighted by Gasteiger charge is -2.28. The second-order valence-corrected chi connectivity index (χ2v) is 9.23. The van der Waals surface area contributed by atoms with Crippen molar-refractivity contribution in [3.8, 4) is 0 Å². The van der Waals surface area contributed by atoms with Crippen LogP contribution in [-0.2, 0) is 0 Å². The lowest BCUT2D eigenvalue weighted by Crippen LogP contribution is -2.32. The quantitative estimate of drug-likeness (QED) is 0.417.